The van der Waals surface area contributed by atoms with Crippen molar-refractivity contribution in [3.63, 3.8) is 0 Å². The maximum atomic E-state index is 0. The molecule has 1 radical (unpaired) electrons. The summed E-state index contributed by atoms with van der Waals surface area (Å²) in [6, 6.07) is 0. The van der Waals surface area contributed by atoms with Gasteiger partial charge in [-0.3, -0.25) is 0 Å². The quantitative estimate of drug-likeness (QED) is 0.348. The first-order chi connectivity index (χ1) is 0. The second-order valence-electron chi connectivity index (χ2n) is 0. The summed E-state index contributed by atoms with van der Waals surface area (Å²) in [6.07, 6.45) is 0. The van der Waals surface area contributed by atoms with Gasteiger partial charge in [0.2, 0.25) is 0 Å². The Hall–Kier alpha value is 2.11. The smallest absolute Gasteiger partial charge is 0 e. The standard InChI is InChI=1S/Co.2Li.Ni.2H2O.2H/h;;;;2*1H2;;. The molecule has 6 heavy (non-hydrogen) atoms. The summed E-state index contributed by atoms with van der Waals surface area (Å²) in [5.41, 5.74) is 0. The van der Waals surface area contributed by atoms with Crippen molar-refractivity contribution >= 4 is 37.7 Å². The van der Waals surface area contributed by atoms with Crippen LogP contribution in [0.1, 0.15) is 0 Å². The van der Waals surface area contributed by atoms with E-state index >= 15 is 0 Å². The van der Waals surface area contributed by atoms with Gasteiger partial charge in [-0.25, -0.2) is 0 Å². The molecule has 0 aliphatic carbocycles. The summed E-state index contributed by atoms with van der Waals surface area (Å²) in [7, 11) is 0. The minimum atomic E-state index is 0. The van der Waals surface area contributed by atoms with E-state index in [2.05, 4.69) is 0 Å². The molecule has 39 valence electrons. The second kappa shape index (κ2) is 59.5. The molecule has 0 aliphatic heterocycles. The summed E-state index contributed by atoms with van der Waals surface area (Å²) in [5, 5.41) is 0. The Morgan fingerprint density at radius 2 is 0.667 bits per heavy atom. The summed E-state index contributed by atoms with van der Waals surface area (Å²) in [4.78, 5) is 0. The van der Waals surface area contributed by atoms with E-state index in [1.165, 1.54) is 0 Å². The molecule has 0 saturated carbocycles. The van der Waals surface area contributed by atoms with Gasteiger partial charge in [-0.2, -0.15) is 0 Å². The van der Waals surface area contributed by atoms with Gasteiger partial charge in [-0.05, 0) is 0 Å². The minimum absolute atomic E-state index is 0. The van der Waals surface area contributed by atoms with Crippen LogP contribution in [0.15, 0.2) is 0 Å². The van der Waals surface area contributed by atoms with Gasteiger partial charge in [-0.15, -0.1) is 0 Å². The Kier molecular flexibility index (Phi) is 911. The topological polar surface area (TPSA) is 63.0 Å². The summed E-state index contributed by atoms with van der Waals surface area (Å²) in [6.45, 7) is 0. The Balaban J connectivity index is 0. The molecule has 0 aliphatic rings. The minimum Gasteiger partial charge on any atom is 0 e. The summed E-state index contributed by atoms with van der Waals surface area (Å²) in [5.74, 6) is 0. The van der Waals surface area contributed by atoms with E-state index in [-0.39, 0.29) is 81.9 Å². The van der Waals surface area contributed by atoms with Crippen molar-refractivity contribution in [1.82, 2.24) is 0 Å². The Morgan fingerprint density at radius 1 is 0.667 bits per heavy atom. The van der Waals surface area contributed by atoms with Gasteiger partial charge in [0.1, 0.15) is 0 Å². The van der Waals surface area contributed by atoms with Crippen molar-refractivity contribution < 1.29 is 44.2 Å². The Bertz CT molecular complexity index is 11.5. The molecule has 0 bridgehead atoms. The molecule has 0 saturated heterocycles. The first-order valence-corrected chi connectivity index (χ1v) is 0. The van der Waals surface area contributed by atoms with Gasteiger partial charge in [0.25, 0.3) is 0 Å². The average Bonchev–Trinajstić information content (AvgIpc) is 0. The molecule has 0 unspecified atom stereocenters. The summed E-state index contributed by atoms with van der Waals surface area (Å²) >= 11 is 0. The van der Waals surface area contributed by atoms with Crippen molar-refractivity contribution in [2.45, 2.75) is 0 Å². The molecule has 6 heteroatoms. The van der Waals surface area contributed by atoms with Crippen LogP contribution < -0.4 is 0 Å². The molecule has 0 aromatic carbocycles. The van der Waals surface area contributed by atoms with E-state index in [1.54, 1.807) is 0 Å². The van der Waals surface area contributed by atoms with Gasteiger partial charge >= 0.3 is 37.7 Å². The molecule has 0 spiro atoms. The fraction of sp³-hybridized carbons (Fsp3) is 0. The van der Waals surface area contributed by atoms with Crippen LogP contribution in [0.25, 0.3) is 0 Å². The van der Waals surface area contributed by atoms with Gasteiger partial charge in [0.15, 0.2) is 0 Å². The van der Waals surface area contributed by atoms with Crippen molar-refractivity contribution in [2.24, 2.45) is 0 Å². The largest absolute Gasteiger partial charge is 0 e. The van der Waals surface area contributed by atoms with Crippen LogP contribution in [0.2, 0.25) is 0 Å². The molecule has 4 N–H and O–H groups in total. The fourth-order valence-electron chi connectivity index (χ4n) is 0. The Labute approximate surface area is 81.3 Å². The van der Waals surface area contributed by atoms with Crippen molar-refractivity contribution in [1.29, 1.82) is 0 Å². The monoisotopic (exact) mass is 169 g/mol. The molecular formula is H6CoLi2NiO2. The van der Waals surface area contributed by atoms with E-state index in [9.17, 15) is 0 Å². The third-order valence-electron chi connectivity index (χ3n) is 0. The predicted molar refractivity (Wildman–Crippen MR) is 21.5 cm³/mol. The maximum Gasteiger partial charge on any atom is 0 e. The van der Waals surface area contributed by atoms with E-state index in [0.29, 0.717) is 0 Å². The zero-order valence-corrected chi connectivity index (χ0v) is 3.68. The third kappa shape index (κ3) is 35.8. The average molecular weight is 170 g/mol. The number of hydrogen-bond acceptors (Lipinski definition) is 0. The van der Waals surface area contributed by atoms with Crippen molar-refractivity contribution in [2.75, 3.05) is 0 Å². The second-order valence-corrected chi connectivity index (χ2v) is 0. The molecule has 0 rings (SSSR count). The van der Waals surface area contributed by atoms with Crippen LogP contribution >= 0.6 is 0 Å². The third-order valence-corrected chi connectivity index (χ3v) is 0. The molecule has 2 nitrogen and oxygen atoms in total. The fourth-order valence-corrected chi connectivity index (χ4v) is 0. The molecule has 0 aromatic heterocycles. The van der Waals surface area contributed by atoms with Crippen LogP contribution in [0.4, 0.5) is 0 Å². The normalized spacial score (nSPS) is 0. The van der Waals surface area contributed by atoms with E-state index in [0.717, 1.165) is 0 Å². The van der Waals surface area contributed by atoms with Gasteiger partial charge in [0, 0.05) is 33.3 Å². The van der Waals surface area contributed by atoms with Gasteiger partial charge < -0.3 is 11.0 Å². The molecule has 0 atom stereocenters. The number of rotatable bonds is 0. The van der Waals surface area contributed by atoms with Crippen molar-refractivity contribution in [3.05, 3.63) is 0 Å². The molecular weight excluding hydrogens is 164 g/mol. The van der Waals surface area contributed by atoms with Crippen LogP contribution in [-0.4, -0.2) is 48.7 Å². The molecule has 0 heterocycles. The van der Waals surface area contributed by atoms with Crippen LogP contribution in [0.3, 0.4) is 0 Å². The van der Waals surface area contributed by atoms with E-state index < -0.39 is 0 Å². The first-order valence-electron chi connectivity index (χ1n) is 0. The number of hydrogen-bond donors (Lipinski definition) is 0. The first kappa shape index (κ1) is 91.8. The van der Waals surface area contributed by atoms with Gasteiger partial charge in [0.05, 0.1) is 0 Å². The molecule has 0 aromatic rings. The van der Waals surface area contributed by atoms with Crippen LogP contribution in [-0.2, 0) is 33.3 Å². The van der Waals surface area contributed by atoms with E-state index in [4.69, 9.17) is 0 Å². The van der Waals surface area contributed by atoms with E-state index in [1.807, 2.05) is 0 Å². The summed E-state index contributed by atoms with van der Waals surface area (Å²) < 4.78 is 0. The van der Waals surface area contributed by atoms with Crippen molar-refractivity contribution in [3.8, 4) is 0 Å². The predicted octanol–water partition coefficient (Wildman–Crippen LogP) is -2.95. The SMILES string of the molecule is O.O.[Co].[LiH].[LiH].[Ni]. The maximum absolute atomic E-state index is 0. The molecule has 0 amide bonds. The van der Waals surface area contributed by atoms with Crippen LogP contribution in [0.5, 0.6) is 0 Å². The zero-order chi connectivity index (χ0) is 0. The Morgan fingerprint density at radius 3 is 0.667 bits per heavy atom. The van der Waals surface area contributed by atoms with Crippen LogP contribution in [0, 0.1) is 0 Å². The van der Waals surface area contributed by atoms with Gasteiger partial charge in [-0.1, -0.05) is 0 Å². The molecule has 0 fully saturated rings. The zero-order valence-electron chi connectivity index (χ0n) is 1.65.